The molecule has 1 amide bonds. The number of unbranched alkanes of at least 4 members (excludes halogenated alkanes) is 4. The second-order valence-corrected chi connectivity index (χ2v) is 11.7. The van der Waals surface area contributed by atoms with Gasteiger partial charge in [0.15, 0.2) is 21.3 Å². The van der Waals surface area contributed by atoms with Crippen LogP contribution >= 0.6 is 24.0 Å². The summed E-state index contributed by atoms with van der Waals surface area (Å²) in [7, 11) is -1.51. The van der Waals surface area contributed by atoms with E-state index in [0.29, 0.717) is 33.8 Å². The molecule has 2 saturated heterocycles. The number of benzene rings is 1. The number of rotatable bonds is 10. The molecular formula is C22H29NO5S3. The molecule has 1 aromatic carbocycles. The van der Waals surface area contributed by atoms with Crippen LogP contribution in [0.15, 0.2) is 23.1 Å². The van der Waals surface area contributed by atoms with Gasteiger partial charge in [-0.15, -0.1) is 0 Å². The molecule has 170 valence electrons. The van der Waals surface area contributed by atoms with Gasteiger partial charge in [0.25, 0.3) is 5.91 Å². The second-order valence-electron chi connectivity index (χ2n) is 7.78. The second kappa shape index (κ2) is 10.8. The van der Waals surface area contributed by atoms with Crippen molar-refractivity contribution >= 4 is 50.1 Å². The smallest absolute Gasteiger partial charge is 0.266 e. The standard InChI is InChI=1S/C22H29NO5S3/c1-3-4-5-6-7-11-28-18-9-8-16(13-19(18)27-2)14-20-21(24)23(22(29)30-20)17-10-12-31(25,26)15-17/h8-9,13-14,17H,3-7,10-12,15H2,1-2H3/b20-14+/t17-/m1/s1. The average molecular weight is 484 g/mol. The molecule has 9 heteroatoms. The van der Waals surface area contributed by atoms with E-state index in [1.165, 1.54) is 35.9 Å². The summed E-state index contributed by atoms with van der Waals surface area (Å²) in [5, 5.41) is 0. The molecule has 2 fully saturated rings. The summed E-state index contributed by atoms with van der Waals surface area (Å²) in [6, 6.07) is 5.19. The van der Waals surface area contributed by atoms with Crippen LogP contribution in [0.5, 0.6) is 11.5 Å². The van der Waals surface area contributed by atoms with Gasteiger partial charge in [-0.1, -0.05) is 62.7 Å². The summed E-state index contributed by atoms with van der Waals surface area (Å²) < 4.78 is 35.3. The Morgan fingerprint density at radius 2 is 2.00 bits per heavy atom. The van der Waals surface area contributed by atoms with Crippen molar-refractivity contribution in [2.45, 2.75) is 51.5 Å². The first-order chi connectivity index (χ1) is 14.8. The molecule has 0 N–H and O–H groups in total. The van der Waals surface area contributed by atoms with Crippen molar-refractivity contribution in [2.75, 3.05) is 25.2 Å². The third-order valence-corrected chi connectivity index (χ3v) is 8.47. The Hall–Kier alpha value is -1.58. The minimum atomic E-state index is -3.10. The van der Waals surface area contributed by atoms with Gasteiger partial charge in [0.2, 0.25) is 0 Å². The van der Waals surface area contributed by atoms with Crippen molar-refractivity contribution in [1.29, 1.82) is 0 Å². The van der Waals surface area contributed by atoms with Crippen LogP contribution in [0, 0.1) is 0 Å². The lowest BCUT2D eigenvalue weighted by Crippen LogP contribution is -2.39. The van der Waals surface area contributed by atoms with E-state index in [4.69, 9.17) is 21.7 Å². The Kier molecular flexibility index (Phi) is 8.41. The number of hydrogen-bond acceptors (Lipinski definition) is 7. The summed E-state index contributed by atoms with van der Waals surface area (Å²) in [5.41, 5.74) is 0.798. The van der Waals surface area contributed by atoms with Crippen molar-refractivity contribution in [3.05, 3.63) is 28.7 Å². The van der Waals surface area contributed by atoms with E-state index in [2.05, 4.69) is 6.92 Å². The van der Waals surface area contributed by atoms with E-state index in [0.717, 1.165) is 18.4 Å². The van der Waals surface area contributed by atoms with Crippen LogP contribution in [-0.4, -0.2) is 54.8 Å². The number of hydrogen-bond donors (Lipinski definition) is 0. The molecule has 3 rings (SSSR count). The number of nitrogens with zero attached hydrogens (tertiary/aromatic N) is 1. The Morgan fingerprint density at radius 1 is 1.23 bits per heavy atom. The summed E-state index contributed by atoms with van der Waals surface area (Å²) >= 11 is 6.57. The van der Waals surface area contributed by atoms with Crippen LogP contribution in [0.3, 0.4) is 0 Å². The van der Waals surface area contributed by atoms with E-state index >= 15 is 0 Å². The highest BCUT2D eigenvalue weighted by Crippen LogP contribution is 2.37. The van der Waals surface area contributed by atoms with Crippen LogP contribution < -0.4 is 9.47 Å². The number of carbonyl (C=O) groups is 1. The van der Waals surface area contributed by atoms with Gasteiger partial charge in [0.1, 0.15) is 4.32 Å². The average Bonchev–Trinajstić information content (AvgIpc) is 3.22. The Bertz CT molecular complexity index is 958. The van der Waals surface area contributed by atoms with Gasteiger partial charge in [-0.2, -0.15) is 0 Å². The maximum Gasteiger partial charge on any atom is 0.266 e. The molecular weight excluding hydrogens is 454 g/mol. The van der Waals surface area contributed by atoms with Crippen LogP contribution in [0.25, 0.3) is 6.08 Å². The van der Waals surface area contributed by atoms with E-state index in [-0.39, 0.29) is 23.5 Å². The molecule has 0 saturated carbocycles. The lowest BCUT2D eigenvalue weighted by atomic mass is 10.1. The van der Waals surface area contributed by atoms with Crippen molar-refractivity contribution in [1.82, 2.24) is 4.90 Å². The molecule has 0 unspecified atom stereocenters. The number of ether oxygens (including phenoxy) is 2. The summed E-state index contributed by atoms with van der Waals surface area (Å²) in [5.74, 6) is 1.14. The number of sulfone groups is 1. The first kappa shape index (κ1) is 24.1. The summed E-state index contributed by atoms with van der Waals surface area (Å²) in [6.45, 7) is 2.84. The summed E-state index contributed by atoms with van der Waals surface area (Å²) in [4.78, 5) is 14.8. The van der Waals surface area contributed by atoms with E-state index in [9.17, 15) is 13.2 Å². The Labute approximate surface area is 194 Å². The molecule has 0 bridgehead atoms. The molecule has 1 atom stereocenters. The first-order valence-corrected chi connectivity index (χ1v) is 13.7. The number of thiocarbonyl (C=S) groups is 1. The normalized spacial score (nSPS) is 21.8. The van der Waals surface area contributed by atoms with Gasteiger partial charge in [0.05, 0.1) is 36.2 Å². The fraction of sp³-hybridized carbons (Fsp3) is 0.545. The van der Waals surface area contributed by atoms with Gasteiger partial charge < -0.3 is 9.47 Å². The fourth-order valence-corrected chi connectivity index (χ4v) is 6.81. The van der Waals surface area contributed by atoms with Crippen LogP contribution in [0.1, 0.15) is 51.0 Å². The van der Waals surface area contributed by atoms with Crippen molar-refractivity contribution in [3.63, 3.8) is 0 Å². The van der Waals surface area contributed by atoms with Crippen LogP contribution in [0.4, 0.5) is 0 Å². The molecule has 2 aliphatic heterocycles. The zero-order valence-electron chi connectivity index (χ0n) is 18.0. The minimum Gasteiger partial charge on any atom is -0.493 e. The predicted molar refractivity (Wildman–Crippen MR) is 129 cm³/mol. The number of carbonyl (C=O) groups excluding carboxylic acids is 1. The molecule has 2 aliphatic rings. The zero-order chi connectivity index (χ0) is 22.4. The van der Waals surface area contributed by atoms with Crippen molar-refractivity contribution < 1.29 is 22.7 Å². The summed E-state index contributed by atoms with van der Waals surface area (Å²) in [6.07, 6.45) is 8.04. The minimum absolute atomic E-state index is 0.0228. The van der Waals surface area contributed by atoms with Gasteiger partial charge in [-0.25, -0.2) is 8.42 Å². The van der Waals surface area contributed by atoms with E-state index in [1.54, 1.807) is 13.2 Å². The van der Waals surface area contributed by atoms with E-state index in [1.807, 2.05) is 18.2 Å². The molecule has 31 heavy (non-hydrogen) atoms. The molecule has 6 nitrogen and oxygen atoms in total. The van der Waals surface area contributed by atoms with Gasteiger partial charge >= 0.3 is 0 Å². The molecule has 0 spiro atoms. The van der Waals surface area contributed by atoms with Crippen LogP contribution in [-0.2, 0) is 14.6 Å². The molecule has 0 aromatic heterocycles. The molecule has 0 radical (unpaired) electrons. The SMILES string of the molecule is CCCCCCCOc1ccc(/C=C2/SC(=S)N([C@@H]3CCS(=O)(=O)C3)C2=O)cc1OC. The Balaban J connectivity index is 1.66. The number of methoxy groups -OCH3 is 1. The maximum absolute atomic E-state index is 12.9. The fourth-order valence-electron chi connectivity index (χ4n) is 3.71. The van der Waals surface area contributed by atoms with Gasteiger partial charge in [-0.3, -0.25) is 9.69 Å². The van der Waals surface area contributed by atoms with Crippen LogP contribution in [0.2, 0.25) is 0 Å². The predicted octanol–water partition coefficient (Wildman–Crippen LogP) is 4.43. The maximum atomic E-state index is 12.9. The highest BCUT2D eigenvalue weighted by molar-refractivity contribution is 8.26. The molecule has 0 aliphatic carbocycles. The number of thioether (sulfide) groups is 1. The Morgan fingerprint density at radius 3 is 2.68 bits per heavy atom. The van der Waals surface area contributed by atoms with E-state index < -0.39 is 9.84 Å². The third kappa shape index (κ3) is 6.23. The lowest BCUT2D eigenvalue weighted by Gasteiger charge is -2.20. The quantitative estimate of drug-likeness (QED) is 0.277. The topological polar surface area (TPSA) is 72.9 Å². The lowest BCUT2D eigenvalue weighted by molar-refractivity contribution is -0.123. The van der Waals surface area contributed by atoms with Gasteiger partial charge in [0, 0.05) is 0 Å². The molecule has 2 heterocycles. The van der Waals surface area contributed by atoms with Crippen molar-refractivity contribution in [2.24, 2.45) is 0 Å². The zero-order valence-corrected chi connectivity index (χ0v) is 20.4. The highest BCUT2D eigenvalue weighted by Gasteiger charge is 2.42. The largest absolute Gasteiger partial charge is 0.493 e. The van der Waals surface area contributed by atoms with Crippen molar-refractivity contribution in [3.8, 4) is 11.5 Å². The van der Waals surface area contributed by atoms with Gasteiger partial charge in [-0.05, 0) is 36.6 Å². The highest BCUT2D eigenvalue weighted by atomic mass is 32.2. The number of amides is 1. The third-order valence-electron chi connectivity index (χ3n) is 5.39. The first-order valence-electron chi connectivity index (χ1n) is 10.6. The monoisotopic (exact) mass is 483 g/mol. The molecule has 1 aromatic rings.